The smallest absolute Gasteiger partial charge is 0.303 e. The van der Waals surface area contributed by atoms with Gasteiger partial charge in [-0.15, -0.1) is 0 Å². The quantitative estimate of drug-likeness (QED) is 0.117. The highest BCUT2D eigenvalue weighted by Crippen LogP contribution is 2.27. The van der Waals surface area contributed by atoms with Crippen LogP contribution in [0.15, 0.2) is 11.2 Å². The summed E-state index contributed by atoms with van der Waals surface area (Å²) in [6.45, 7) is 1.97. The van der Waals surface area contributed by atoms with Crippen molar-refractivity contribution >= 4 is 29.7 Å². The molecule has 0 radical (unpaired) electrons. The van der Waals surface area contributed by atoms with E-state index in [2.05, 4.69) is 20.7 Å². The zero-order valence-corrected chi connectivity index (χ0v) is 16.5. The Bertz CT molecular complexity index is 795. The number of nitrogens with two attached hydrogens (primary N) is 2. The number of carboxylic acid groups (broad SMARTS) is 1. The number of hydrazine groups is 1. The summed E-state index contributed by atoms with van der Waals surface area (Å²) in [5.41, 5.74) is 8.99. The monoisotopic (exact) mass is 404 g/mol. The third-order valence-electron chi connectivity index (χ3n) is 4.87. The van der Waals surface area contributed by atoms with E-state index in [9.17, 15) is 14.4 Å². The molecule has 2 atom stereocenters. The highest BCUT2D eigenvalue weighted by Gasteiger charge is 2.33. The Morgan fingerprint density at radius 1 is 1.38 bits per heavy atom. The van der Waals surface area contributed by atoms with Gasteiger partial charge in [0, 0.05) is 35.7 Å². The van der Waals surface area contributed by atoms with Crippen LogP contribution in [0.3, 0.4) is 0 Å². The Morgan fingerprint density at radius 2 is 2.14 bits per heavy atom. The Morgan fingerprint density at radius 3 is 2.79 bits per heavy atom. The first-order valence-electron chi connectivity index (χ1n) is 9.69. The van der Waals surface area contributed by atoms with Crippen molar-refractivity contribution in [2.45, 2.75) is 64.1 Å². The van der Waals surface area contributed by atoms with Gasteiger partial charge in [0.1, 0.15) is 12.0 Å². The molecule has 10 heteroatoms. The molecule has 1 aromatic heterocycles. The predicted octanol–water partition coefficient (Wildman–Crippen LogP) is 0.806. The van der Waals surface area contributed by atoms with Crippen LogP contribution in [0.1, 0.15) is 71.7 Å². The van der Waals surface area contributed by atoms with Gasteiger partial charge < -0.3 is 16.3 Å². The number of aliphatic carboxylic acids is 1. The van der Waals surface area contributed by atoms with Crippen LogP contribution >= 0.6 is 0 Å². The fraction of sp³-hybridized carbons (Fsp3) is 0.526. The first-order valence-corrected chi connectivity index (χ1v) is 9.69. The number of hydrogen-bond donors (Lipinski definition) is 5. The summed E-state index contributed by atoms with van der Waals surface area (Å²) >= 11 is 0. The summed E-state index contributed by atoms with van der Waals surface area (Å²) in [7, 11) is 0. The van der Waals surface area contributed by atoms with Gasteiger partial charge in [-0.1, -0.05) is 13.3 Å². The number of nitrogens with zero attached hydrogens (tertiary/aromatic N) is 2. The van der Waals surface area contributed by atoms with Crippen LogP contribution in [0.25, 0.3) is 0 Å². The lowest BCUT2D eigenvalue weighted by atomic mass is 9.89. The highest BCUT2D eigenvalue weighted by molar-refractivity contribution is 6.12. The van der Waals surface area contributed by atoms with Crippen molar-refractivity contribution in [2.24, 2.45) is 10.8 Å². The number of anilines is 1. The second-order valence-corrected chi connectivity index (χ2v) is 6.95. The van der Waals surface area contributed by atoms with Crippen LogP contribution in [0, 0.1) is 0 Å². The molecule has 7 N–H and O–H groups in total. The third-order valence-corrected chi connectivity index (χ3v) is 4.87. The van der Waals surface area contributed by atoms with E-state index in [1.54, 1.807) is 0 Å². The van der Waals surface area contributed by atoms with Gasteiger partial charge in [0.2, 0.25) is 0 Å². The number of Topliss-reactive ketones (excluding diaryl/α,β-unsaturated/α-hetero) is 2. The van der Waals surface area contributed by atoms with E-state index >= 15 is 0 Å². The highest BCUT2D eigenvalue weighted by atomic mass is 16.4. The number of carbonyl (C=O) groups is 3. The number of rotatable bonds is 11. The maximum atomic E-state index is 13.3. The number of hydrogen-bond acceptors (Lipinski definition) is 8. The summed E-state index contributed by atoms with van der Waals surface area (Å²) in [5.74, 6) is 3.74. The number of pyridine rings is 1. The number of carbonyl (C=O) groups excluding carboxylic acids is 2. The lowest BCUT2D eigenvalue weighted by molar-refractivity contribution is -0.136. The third kappa shape index (κ3) is 5.81. The summed E-state index contributed by atoms with van der Waals surface area (Å²) in [6, 6.07) is -0.557. The van der Waals surface area contributed by atoms with Gasteiger partial charge in [-0.25, -0.2) is 10.8 Å². The minimum absolute atomic E-state index is 0.0233. The van der Waals surface area contributed by atoms with Gasteiger partial charge in [-0.3, -0.25) is 24.7 Å². The number of unbranched alkanes of at least 4 members (excludes halogenated alkanes) is 1. The molecule has 1 aliphatic rings. The summed E-state index contributed by atoms with van der Waals surface area (Å²) < 4.78 is 0. The average Bonchev–Trinajstić information content (AvgIpc) is 3.17. The van der Waals surface area contributed by atoms with Gasteiger partial charge in [0.05, 0.1) is 12.4 Å². The molecule has 0 spiro atoms. The topological polar surface area (TPSA) is 173 Å². The van der Waals surface area contributed by atoms with Crippen molar-refractivity contribution in [3.8, 4) is 0 Å². The Labute approximate surface area is 169 Å². The number of ketones is 2. The minimum atomic E-state index is -1.02. The van der Waals surface area contributed by atoms with Gasteiger partial charge >= 0.3 is 5.97 Å². The van der Waals surface area contributed by atoms with Crippen LogP contribution in [0.5, 0.6) is 0 Å². The van der Waals surface area contributed by atoms with Crippen molar-refractivity contribution < 1.29 is 19.5 Å². The normalized spacial score (nSPS) is 18.8. The zero-order valence-electron chi connectivity index (χ0n) is 16.5. The van der Waals surface area contributed by atoms with E-state index in [0.29, 0.717) is 24.8 Å². The van der Waals surface area contributed by atoms with E-state index < -0.39 is 12.0 Å². The van der Waals surface area contributed by atoms with Crippen molar-refractivity contribution in [1.82, 2.24) is 15.7 Å². The molecule has 1 fully saturated rings. The molecule has 2 rings (SSSR count). The number of aliphatic imine (C=N–C) groups is 1. The molecule has 2 heterocycles. The first kappa shape index (κ1) is 22.4. The maximum absolute atomic E-state index is 13.3. The van der Waals surface area contributed by atoms with Crippen molar-refractivity contribution in [2.75, 3.05) is 5.73 Å². The molecular formula is C19H28N6O4. The lowest BCUT2D eigenvalue weighted by Gasteiger charge is -2.18. The number of nitrogens with one attached hydrogen (secondary N) is 2. The van der Waals surface area contributed by atoms with E-state index in [1.807, 2.05) is 6.92 Å². The lowest BCUT2D eigenvalue weighted by Crippen LogP contribution is -2.37. The summed E-state index contributed by atoms with van der Waals surface area (Å²) in [4.78, 5) is 45.4. The Balaban J connectivity index is 2.40. The summed E-state index contributed by atoms with van der Waals surface area (Å²) in [5, 5.41) is 12.2. The number of carboxylic acids is 1. The SMILES string of the molecule is CCCCC(=O)c1cnc(N)c(CCC(=O)O)c1C(=O)C1CCC(N=CNN)N1. The molecular weight excluding hydrogens is 376 g/mol. The standard InChI is InChI=1S/C19H28N6O4/c1-2-3-4-14(26)12-9-22-19(20)11(5-8-16(27)28)17(12)18(29)13-6-7-15(25-13)23-10-24-21/h9-10,13,15,25H,2-8,21H2,1H3,(H2,20,22)(H,23,24)(H,27,28). The fourth-order valence-electron chi connectivity index (χ4n) is 3.37. The molecule has 10 nitrogen and oxygen atoms in total. The second kappa shape index (κ2) is 10.6. The molecule has 2 unspecified atom stereocenters. The minimum Gasteiger partial charge on any atom is -0.481 e. The molecule has 1 saturated heterocycles. The largest absolute Gasteiger partial charge is 0.481 e. The maximum Gasteiger partial charge on any atom is 0.303 e. The second-order valence-electron chi connectivity index (χ2n) is 6.95. The van der Waals surface area contributed by atoms with E-state index in [-0.39, 0.29) is 53.9 Å². The molecule has 158 valence electrons. The molecule has 29 heavy (non-hydrogen) atoms. The fourth-order valence-corrected chi connectivity index (χ4v) is 3.37. The van der Waals surface area contributed by atoms with Gasteiger partial charge in [0.15, 0.2) is 11.6 Å². The zero-order chi connectivity index (χ0) is 21.4. The Hall–Kier alpha value is -2.85. The van der Waals surface area contributed by atoms with Gasteiger partial charge in [-0.2, -0.15) is 0 Å². The van der Waals surface area contributed by atoms with Crippen molar-refractivity contribution in [3.05, 3.63) is 22.9 Å². The van der Waals surface area contributed by atoms with Crippen molar-refractivity contribution in [3.63, 3.8) is 0 Å². The van der Waals surface area contributed by atoms with Crippen LogP contribution in [-0.4, -0.2) is 46.2 Å². The van der Waals surface area contributed by atoms with Crippen LogP contribution in [-0.2, 0) is 11.2 Å². The molecule has 0 amide bonds. The van der Waals surface area contributed by atoms with E-state index in [4.69, 9.17) is 16.7 Å². The predicted molar refractivity (Wildman–Crippen MR) is 109 cm³/mol. The molecule has 0 saturated carbocycles. The van der Waals surface area contributed by atoms with Crippen molar-refractivity contribution in [1.29, 1.82) is 0 Å². The average molecular weight is 404 g/mol. The molecule has 0 bridgehead atoms. The van der Waals surface area contributed by atoms with Crippen LogP contribution in [0.2, 0.25) is 0 Å². The summed E-state index contributed by atoms with van der Waals surface area (Å²) in [6.07, 6.45) is 5.15. The molecule has 1 aliphatic heterocycles. The van der Waals surface area contributed by atoms with E-state index in [1.165, 1.54) is 12.5 Å². The first-order chi connectivity index (χ1) is 13.9. The number of aromatic nitrogens is 1. The van der Waals surface area contributed by atoms with Gasteiger partial charge in [0.25, 0.3) is 0 Å². The molecule has 0 aromatic carbocycles. The van der Waals surface area contributed by atoms with Gasteiger partial charge in [-0.05, 0) is 25.7 Å². The Kier molecular flexibility index (Phi) is 8.22. The molecule has 0 aliphatic carbocycles. The number of nitrogen functional groups attached to an aromatic ring is 1. The molecule has 1 aromatic rings. The van der Waals surface area contributed by atoms with E-state index in [0.717, 1.165) is 6.42 Å². The van der Waals surface area contributed by atoms with Crippen LogP contribution < -0.4 is 22.3 Å². The van der Waals surface area contributed by atoms with Crippen LogP contribution in [0.4, 0.5) is 5.82 Å².